The Bertz CT molecular complexity index is 696. The van der Waals surface area contributed by atoms with Crippen LogP contribution in [0.1, 0.15) is 16.2 Å². The third-order valence-electron chi connectivity index (χ3n) is 2.23. The molecule has 0 saturated carbocycles. The number of aromatic carboxylic acids is 1. The summed E-state index contributed by atoms with van der Waals surface area (Å²) in [5, 5.41) is 8.93. The highest BCUT2D eigenvalue weighted by Gasteiger charge is 2.10. The van der Waals surface area contributed by atoms with E-state index < -0.39 is 5.97 Å². The van der Waals surface area contributed by atoms with Crippen LogP contribution in [0, 0.1) is 10.5 Å². The third-order valence-corrected chi connectivity index (χ3v) is 3.12. The molecule has 98 valence electrons. The van der Waals surface area contributed by atoms with E-state index in [2.05, 4.69) is 9.97 Å². The number of aromatic nitrogens is 2. The van der Waals surface area contributed by atoms with Crippen molar-refractivity contribution in [3.05, 3.63) is 49.6 Å². The molecule has 19 heavy (non-hydrogen) atoms. The Hall–Kier alpha value is -1.90. The highest BCUT2D eigenvalue weighted by atomic mass is 127. The van der Waals surface area contributed by atoms with Crippen molar-refractivity contribution in [2.24, 2.45) is 0 Å². The van der Waals surface area contributed by atoms with Crippen molar-refractivity contribution in [2.75, 3.05) is 0 Å². The summed E-state index contributed by atoms with van der Waals surface area (Å²) in [4.78, 5) is 28.7. The minimum Gasteiger partial charge on any atom is -0.478 e. The lowest BCUT2D eigenvalue weighted by molar-refractivity contribution is 0.0696. The van der Waals surface area contributed by atoms with E-state index in [4.69, 9.17) is 9.84 Å². The van der Waals surface area contributed by atoms with Crippen LogP contribution in [-0.4, -0.2) is 21.0 Å². The molecular weight excluding hydrogens is 363 g/mol. The largest absolute Gasteiger partial charge is 0.478 e. The Morgan fingerprint density at radius 2 is 2.16 bits per heavy atom. The number of nitrogens with one attached hydrogen (secondary N) is 1. The maximum absolute atomic E-state index is 11.3. The molecule has 2 rings (SSSR count). The predicted octanol–water partition coefficient (Wildman–Crippen LogP) is 2.17. The van der Waals surface area contributed by atoms with E-state index in [0.717, 1.165) is 3.57 Å². The number of halogens is 1. The first-order valence-corrected chi connectivity index (χ1v) is 6.32. The number of ether oxygens (including phenoxy) is 1. The highest BCUT2D eigenvalue weighted by Crippen LogP contribution is 2.26. The van der Waals surface area contributed by atoms with Crippen LogP contribution in [0.2, 0.25) is 0 Å². The van der Waals surface area contributed by atoms with E-state index in [9.17, 15) is 9.59 Å². The molecule has 2 aromatic rings. The monoisotopic (exact) mass is 372 g/mol. The van der Waals surface area contributed by atoms with Gasteiger partial charge in [-0.2, -0.15) is 0 Å². The average Bonchev–Trinajstić information content (AvgIpc) is 2.30. The molecule has 0 amide bonds. The minimum absolute atomic E-state index is 0.108. The summed E-state index contributed by atoms with van der Waals surface area (Å²) in [6, 6.07) is 5.70. The van der Waals surface area contributed by atoms with E-state index in [-0.39, 0.29) is 17.0 Å². The molecule has 0 saturated heterocycles. The molecule has 6 nitrogen and oxygen atoms in total. The quantitative estimate of drug-likeness (QED) is 0.806. The van der Waals surface area contributed by atoms with Gasteiger partial charge >= 0.3 is 5.97 Å². The molecule has 7 heteroatoms. The summed E-state index contributed by atoms with van der Waals surface area (Å²) in [6.45, 7) is 1.63. The number of carbonyl (C=O) groups is 1. The molecule has 0 bridgehead atoms. The maximum Gasteiger partial charge on any atom is 0.335 e. The summed E-state index contributed by atoms with van der Waals surface area (Å²) in [5.41, 5.74) is -0.219. The average molecular weight is 372 g/mol. The fourth-order valence-electron chi connectivity index (χ4n) is 1.43. The molecule has 1 aromatic heterocycles. The standard InChI is InChI=1S/C12H9IN2O4/c1-6-14-10(16)5-11(15-6)19-9-4-7(12(17)18)2-3-8(9)13/h2-5H,1H3,(H,17,18)(H,14,15,16). The number of carboxylic acid groups (broad SMARTS) is 1. The van der Waals surface area contributed by atoms with Gasteiger partial charge in [-0.1, -0.05) is 0 Å². The summed E-state index contributed by atoms with van der Waals surface area (Å²) < 4.78 is 6.18. The van der Waals surface area contributed by atoms with Crippen LogP contribution >= 0.6 is 22.6 Å². The Morgan fingerprint density at radius 1 is 1.42 bits per heavy atom. The Kier molecular flexibility index (Phi) is 3.84. The number of hydrogen-bond acceptors (Lipinski definition) is 4. The summed E-state index contributed by atoms with van der Waals surface area (Å²) >= 11 is 2.01. The predicted molar refractivity (Wildman–Crippen MR) is 75.8 cm³/mol. The lowest BCUT2D eigenvalue weighted by Crippen LogP contribution is -2.08. The van der Waals surface area contributed by atoms with Gasteiger partial charge in [0.1, 0.15) is 11.6 Å². The second-order valence-electron chi connectivity index (χ2n) is 3.72. The van der Waals surface area contributed by atoms with Gasteiger partial charge in [-0.05, 0) is 47.7 Å². The van der Waals surface area contributed by atoms with Crippen LogP contribution in [0.25, 0.3) is 0 Å². The Labute approximate surface area is 121 Å². The number of H-pyrrole nitrogens is 1. The zero-order chi connectivity index (χ0) is 14.0. The van der Waals surface area contributed by atoms with E-state index in [0.29, 0.717) is 11.6 Å². The van der Waals surface area contributed by atoms with Gasteiger partial charge in [0, 0.05) is 0 Å². The van der Waals surface area contributed by atoms with Crippen LogP contribution in [0.5, 0.6) is 11.6 Å². The number of benzene rings is 1. The van der Waals surface area contributed by atoms with Crippen LogP contribution in [0.4, 0.5) is 0 Å². The fraction of sp³-hybridized carbons (Fsp3) is 0.0833. The van der Waals surface area contributed by atoms with E-state index in [1.807, 2.05) is 22.6 Å². The van der Waals surface area contributed by atoms with E-state index in [1.54, 1.807) is 13.0 Å². The van der Waals surface area contributed by atoms with Crippen molar-refractivity contribution in [1.82, 2.24) is 9.97 Å². The number of nitrogens with zero attached hydrogens (tertiary/aromatic N) is 1. The van der Waals surface area contributed by atoms with Crippen molar-refractivity contribution in [2.45, 2.75) is 6.92 Å². The molecule has 0 radical (unpaired) electrons. The van der Waals surface area contributed by atoms with Crippen LogP contribution in [0.15, 0.2) is 29.1 Å². The first-order valence-electron chi connectivity index (χ1n) is 5.24. The lowest BCUT2D eigenvalue weighted by atomic mass is 10.2. The van der Waals surface area contributed by atoms with Crippen LogP contribution in [-0.2, 0) is 0 Å². The zero-order valence-electron chi connectivity index (χ0n) is 9.81. The number of carboxylic acids is 1. The van der Waals surface area contributed by atoms with Gasteiger partial charge in [0.2, 0.25) is 5.88 Å². The van der Waals surface area contributed by atoms with Crippen molar-refractivity contribution >= 4 is 28.6 Å². The number of aryl methyl sites for hydroxylation is 1. The Balaban J connectivity index is 2.39. The summed E-state index contributed by atoms with van der Waals surface area (Å²) in [7, 11) is 0. The first-order chi connectivity index (χ1) is 8.95. The fourth-order valence-corrected chi connectivity index (χ4v) is 1.88. The molecular formula is C12H9IN2O4. The normalized spacial score (nSPS) is 10.2. The van der Waals surface area contributed by atoms with Crippen LogP contribution in [0.3, 0.4) is 0 Å². The van der Waals surface area contributed by atoms with Gasteiger partial charge in [0.25, 0.3) is 5.56 Å². The second-order valence-corrected chi connectivity index (χ2v) is 4.88. The molecule has 1 heterocycles. The second kappa shape index (κ2) is 5.39. The van der Waals surface area contributed by atoms with Gasteiger partial charge < -0.3 is 14.8 Å². The van der Waals surface area contributed by atoms with Gasteiger partial charge in [-0.25, -0.2) is 9.78 Å². The molecule has 0 atom stereocenters. The third kappa shape index (κ3) is 3.31. The minimum atomic E-state index is -1.05. The molecule has 0 aliphatic rings. The van der Waals surface area contributed by atoms with Gasteiger partial charge in [0.05, 0.1) is 15.2 Å². The molecule has 0 spiro atoms. The molecule has 0 aliphatic carbocycles. The lowest BCUT2D eigenvalue weighted by Gasteiger charge is -2.07. The number of rotatable bonds is 3. The zero-order valence-corrected chi connectivity index (χ0v) is 12.0. The van der Waals surface area contributed by atoms with Gasteiger partial charge in [0.15, 0.2) is 0 Å². The first kappa shape index (κ1) is 13.5. The molecule has 0 aliphatic heterocycles. The summed E-state index contributed by atoms with van der Waals surface area (Å²) in [6.07, 6.45) is 0. The maximum atomic E-state index is 11.3. The number of aromatic amines is 1. The summed E-state index contributed by atoms with van der Waals surface area (Å²) in [5.74, 6) is -0.150. The van der Waals surface area contributed by atoms with Gasteiger partial charge in [-0.15, -0.1) is 0 Å². The highest BCUT2D eigenvalue weighted by molar-refractivity contribution is 14.1. The molecule has 0 fully saturated rings. The molecule has 2 N–H and O–H groups in total. The smallest absolute Gasteiger partial charge is 0.335 e. The van der Waals surface area contributed by atoms with Crippen LogP contribution < -0.4 is 10.3 Å². The van der Waals surface area contributed by atoms with Crippen molar-refractivity contribution < 1.29 is 14.6 Å². The van der Waals surface area contributed by atoms with Crippen molar-refractivity contribution in [1.29, 1.82) is 0 Å². The van der Waals surface area contributed by atoms with E-state index in [1.165, 1.54) is 18.2 Å². The number of hydrogen-bond donors (Lipinski definition) is 2. The van der Waals surface area contributed by atoms with Gasteiger partial charge in [-0.3, -0.25) is 4.79 Å². The molecule has 0 unspecified atom stereocenters. The molecule has 1 aromatic carbocycles. The van der Waals surface area contributed by atoms with Crippen molar-refractivity contribution in [3.63, 3.8) is 0 Å². The SMILES string of the molecule is Cc1nc(Oc2cc(C(=O)O)ccc2I)cc(=O)[nH]1. The van der Waals surface area contributed by atoms with E-state index >= 15 is 0 Å². The van der Waals surface area contributed by atoms with Crippen molar-refractivity contribution in [3.8, 4) is 11.6 Å². The Morgan fingerprint density at radius 3 is 2.79 bits per heavy atom. The topological polar surface area (TPSA) is 92.3 Å².